The lowest BCUT2D eigenvalue weighted by molar-refractivity contribution is 0.781. The molecule has 2 heterocycles. The Morgan fingerprint density at radius 1 is 0.833 bits per heavy atom. The van der Waals surface area contributed by atoms with Gasteiger partial charge >= 0.3 is 0 Å². The van der Waals surface area contributed by atoms with Crippen molar-refractivity contribution < 1.29 is 0 Å². The van der Waals surface area contributed by atoms with E-state index in [1.807, 2.05) is 66.3 Å². The van der Waals surface area contributed by atoms with E-state index in [0.29, 0.717) is 0 Å². The summed E-state index contributed by atoms with van der Waals surface area (Å²) in [5, 5.41) is 6.04. The quantitative estimate of drug-likeness (QED) is 0.863. The largest absolute Gasteiger partial charge is 0.347 e. The first-order valence-corrected chi connectivity index (χ1v) is 8.11. The van der Waals surface area contributed by atoms with Gasteiger partial charge in [-0.25, -0.2) is 9.97 Å². The summed E-state index contributed by atoms with van der Waals surface area (Å²) in [4.78, 5) is 18.5. The second-order valence-corrected chi connectivity index (χ2v) is 5.00. The highest BCUT2D eigenvalue weighted by Crippen LogP contribution is 2.01. The summed E-state index contributed by atoms with van der Waals surface area (Å²) in [6.45, 7) is 7.52. The Hall–Kier alpha value is -2.12. The van der Waals surface area contributed by atoms with Crippen molar-refractivity contribution in [1.82, 2.24) is 30.6 Å². The molecule has 0 bridgehead atoms. The summed E-state index contributed by atoms with van der Waals surface area (Å²) in [5.41, 5.74) is 3.04. The molecular formula is C17H31N7. The summed E-state index contributed by atoms with van der Waals surface area (Å²) in [5.74, 6) is 0.745. The maximum Gasteiger partial charge on any atom is 0.224 e. The van der Waals surface area contributed by atoms with E-state index in [-0.39, 0.29) is 0 Å². The van der Waals surface area contributed by atoms with Crippen LogP contribution in [0.25, 0.3) is 0 Å². The Morgan fingerprint density at radius 2 is 1.42 bits per heavy atom. The van der Waals surface area contributed by atoms with Gasteiger partial charge in [0.2, 0.25) is 5.95 Å². The van der Waals surface area contributed by atoms with Crippen LogP contribution < -0.4 is 15.5 Å². The van der Waals surface area contributed by atoms with Gasteiger partial charge in [0, 0.05) is 57.5 Å². The SMILES string of the molecule is CC.CNCc1cnc(C)cn1.CNCc1cnc(N(C)C)nc1. The maximum atomic E-state index is 4.17. The number of hydrogen-bond donors (Lipinski definition) is 2. The average Bonchev–Trinajstić information content (AvgIpc) is 2.60. The van der Waals surface area contributed by atoms with Crippen LogP contribution in [0.15, 0.2) is 24.8 Å². The van der Waals surface area contributed by atoms with Crippen molar-refractivity contribution in [3.05, 3.63) is 41.7 Å². The first-order chi connectivity index (χ1) is 11.6. The minimum Gasteiger partial charge on any atom is -0.347 e. The third kappa shape index (κ3) is 9.12. The van der Waals surface area contributed by atoms with Crippen molar-refractivity contribution >= 4 is 5.95 Å². The molecule has 7 heteroatoms. The average molecular weight is 333 g/mol. The number of nitrogens with one attached hydrogen (secondary N) is 2. The molecule has 7 nitrogen and oxygen atoms in total. The summed E-state index contributed by atoms with van der Waals surface area (Å²) in [7, 11) is 7.64. The minimum atomic E-state index is 0.745. The first-order valence-electron chi connectivity index (χ1n) is 8.11. The van der Waals surface area contributed by atoms with Crippen LogP contribution in [0.3, 0.4) is 0 Å². The minimum absolute atomic E-state index is 0.745. The Morgan fingerprint density at radius 3 is 1.83 bits per heavy atom. The molecule has 0 aliphatic rings. The summed E-state index contributed by atoms with van der Waals surface area (Å²) < 4.78 is 0. The molecule has 2 N–H and O–H groups in total. The van der Waals surface area contributed by atoms with E-state index < -0.39 is 0 Å². The van der Waals surface area contributed by atoms with E-state index in [0.717, 1.165) is 36.0 Å². The fourth-order valence-corrected chi connectivity index (χ4v) is 1.57. The van der Waals surface area contributed by atoms with Crippen LogP contribution >= 0.6 is 0 Å². The van der Waals surface area contributed by atoms with Crippen LogP contribution in [0.1, 0.15) is 30.8 Å². The van der Waals surface area contributed by atoms with Gasteiger partial charge in [-0.15, -0.1) is 0 Å². The van der Waals surface area contributed by atoms with Crippen LogP contribution in [0.4, 0.5) is 5.95 Å². The Balaban J connectivity index is 0.000000405. The van der Waals surface area contributed by atoms with E-state index in [1.54, 1.807) is 12.4 Å². The summed E-state index contributed by atoms with van der Waals surface area (Å²) >= 11 is 0. The fourth-order valence-electron chi connectivity index (χ4n) is 1.57. The molecule has 134 valence electrons. The molecule has 0 saturated carbocycles. The molecule has 0 aliphatic carbocycles. The highest BCUT2D eigenvalue weighted by Gasteiger charge is 1.97. The van der Waals surface area contributed by atoms with Gasteiger partial charge in [-0.05, 0) is 21.0 Å². The second kappa shape index (κ2) is 13.3. The molecule has 0 aromatic carbocycles. The Bertz CT molecular complexity index is 524. The number of rotatable bonds is 5. The third-order valence-corrected chi connectivity index (χ3v) is 2.66. The van der Waals surface area contributed by atoms with Crippen LogP contribution in [-0.2, 0) is 13.1 Å². The van der Waals surface area contributed by atoms with Crippen LogP contribution in [0.2, 0.25) is 0 Å². The van der Waals surface area contributed by atoms with E-state index in [4.69, 9.17) is 0 Å². The van der Waals surface area contributed by atoms with Gasteiger partial charge < -0.3 is 15.5 Å². The molecule has 0 aliphatic heterocycles. The van der Waals surface area contributed by atoms with Crippen molar-refractivity contribution in [2.75, 3.05) is 33.1 Å². The smallest absolute Gasteiger partial charge is 0.224 e. The highest BCUT2D eigenvalue weighted by molar-refractivity contribution is 5.26. The number of nitrogens with zero attached hydrogens (tertiary/aromatic N) is 5. The molecule has 2 aromatic heterocycles. The fraction of sp³-hybridized carbons (Fsp3) is 0.529. The Labute approximate surface area is 146 Å². The molecule has 2 rings (SSSR count). The van der Waals surface area contributed by atoms with E-state index in [1.165, 1.54) is 0 Å². The zero-order valence-electron chi connectivity index (χ0n) is 16.0. The molecule has 0 fully saturated rings. The number of hydrogen-bond acceptors (Lipinski definition) is 7. The lowest BCUT2D eigenvalue weighted by atomic mass is 10.3. The highest BCUT2D eigenvalue weighted by atomic mass is 15.2. The van der Waals surface area contributed by atoms with Crippen molar-refractivity contribution in [2.45, 2.75) is 33.9 Å². The normalized spacial score (nSPS) is 9.29. The molecule has 24 heavy (non-hydrogen) atoms. The predicted molar refractivity (Wildman–Crippen MR) is 100 cm³/mol. The Kier molecular flexibility index (Phi) is 12.2. The number of aryl methyl sites for hydroxylation is 1. The van der Waals surface area contributed by atoms with Gasteiger partial charge in [-0.3, -0.25) is 9.97 Å². The molecular weight excluding hydrogens is 302 g/mol. The molecule has 0 unspecified atom stereocenters. The van der Waals surface area contributed by atoms with Crippen LogP contribution in [0.5, 0.6) is 0 Å². The number of anilines is 1. The molecule has 0 atom stereocenters. The predicted octanol–water partition coefficient (Wildman–Crippen LogP) is 1.79. The van der Waals surface area contributed by atoms with Gasteiger partial charge in [0.1, 0.15) is 0 Å². The van der Waals surface area contributed by atoms with Gasteiger partial charge in [-0.2, -0.15) is 0 Å². The topological polar surface area (TPSA) is 78.9 Å². The third-order valence-electron chi connectivity index (χ3n) is 2.66. The van der Waals surface area contributed by atoms with Gasteiger partial charge in [0.15, 0.2) is 0 Å². The monoisotopic (exact) mass is 333 g/mol. The van der Waals surface area contributed by atoms with Crippen molar-refractivity contribution in [3.63, 3.8) is 0 Å². The number of aromatic nitrogens is 4. The van der Waals surface area contributed by atoms with Gasteiger partial charge in [0.25, 0.3) is 0 Å². The summed E-state index contributed by atoms with van der Waals surface area (Å²) in [6, 6.07) is 0. The van der Waals surface area contributed by atoms with E-state index >= 15 is 0 Å². The standard InChI is InChI=1S/C8H14N4.C7H11N3.C2H6/c1-9-4-7-5-10-8(11-6-7)12(2)3;1-6-3-10-7(4-8-2)5-9-6;1-2/h5-6,9H,4H2,1-3H3;3,5,8H,4H2,1-2H3;1-2H3. The van der Waals surface area contributed by atoms with E-state index in [2.05, 4.69) is 30.6 Å². The lowest BCUT2D eigenvalue weighted by Gasteiger charge is -2.09. The molecule has 0 radical (unpaired) electrons. The summed E-state index contributed by atoms with van der Waals surface area (Å²) in [6.07, 6.45) is 7.22. The molecule has 0 spiro atoms. The van der Waals surface area contributed by atoms with Crippen LogP contribution in [0, 0.1) is 6.92 Å². The van der Waals surface area contributed by atoms with Crippen molar-refractivity contribution in [3.8, 4) is 0 Å². The molecule has 0 saturated heterocycles. The van der Waals surface area contributed by atoms with Crippen molar-refractivity contribution in [2.24, 2.45) is 0 Å². The maximum absolute atomic E-state index is 4.17. The van der Waals surface area contributed by atoms with Gasteiger partial charge in [-0.1, -0.05) is 13.8 Å². The van der Waals surface area contributed by atoms with Gasteiger partial charge in [0.05, 0.1) is 11.4 Å². The lowest BCUT2D eigenvalue weighted by Crippen LogP contribution is -2.13. The van der Waals surface area contributed by atoms with Crippen LogP contribution in [-0.4, -0.2) is 48.1 Å². The zero-order chi connectivity index (χ0) is 18.4. The zero-order valence-corrected chi connectivity index (χ0v) is 16.0. The van der Waals surface area contributed by atoms with E-state index in [9.17, 15) is 0 Å². The molecule has 0 amide bonds. The molecule has 2 aromatic rings. The second-order valence-electron chi connectivity index (χ2n) is 5.00. The first kappa shape index (κ1) is 21.9. The van der Waals surface area contributed by atoms with Crippen molar-refractivity contribution in [1.29, 1.82) is 0 Å².